The maximum Gasteiger partial charge on any atom is 0.242 e. The van der Waals surface area contributed by atoms with E-state index in [-0.39, 0.29) is 30.8 Å². The SMILES string of the molecule is COc1cccc(N(CCCC(=O)N(CCc2ccccc2)[C@@H](C)C(=O)NC2CCCCC2)S(C)(=O)=O)c1. The second kappa shape index (κ2) is 14.2. The van der Waals surface area contributed by atoms with Crippen molar-refractivity contribution in [2.45, 2.75) is 70.4 Å². The minimum atomic E-state index is -3.56. The highest BCUT2D eigenvalue weighted by molar-refractivity contribution is 7.92. The zero-order valence-electron chi connectivity index (χ0n) is 22.8. The Morgan fingerprint density at radius 3 is 2.39 bits per heavy atom. The fraction of sp³-hybridized carbons (Fsp3) is 0.517. The van der Waals surface area contributed by atoms with Crippen molar-refractivity contribution in [3.8, 4) is 5.75 Å². The summed E-state index contributed by atoms with van der Waals surface area (Å²) < 4.78 is 31.6. The molecule has 1 N–H and O–H groups in total. The molecule has 2 aromatic rings. The van der Waals surface area contributed by atoms with E-state index in [1.807, 2.05) is 30.3 Å². The Kier molecular flexibility index (Phi) is 11.0. The van der Waals surface area contributed by atoms with Crippen LogP contribution in [0.5, 0.6) is 5.75 Å². The third-order valence-electron chi connectivity index (χ3n) is 7.10. The van der Waals surface area contributed by atoms with Gasteiger partial charge in [0.05, 0.1) is 19.1 Å². The number of nitrogens with zero attached hydrogens (tertiary/aromatic N) is 2. The molecule has 1 saturated carbocycles. The maximum atomic E-state index is 13.4. The highest BCUT2D eigenvalue weighted by Gasteiger charge is 2.28. The van der Waals surface area contributed by atoms with Crippen LogP contribution in [-0.2, 0) is 26.0 Å². The molecule has 0 saturated heterocycles. The lowest BCUT2D eigenvalue weighted by Gasteiger charge is -2.31. The van der Waals surface area contributed by atoms with Crippen molar-refractivity contribution in [1.29, 1.82) is 0 Å². The van der Waals surface area contributed by atoms with E-state index in [0.29, 0.717) is 30.8 Å². The maximum absolute atomic E-state index is 13.4. The van der Waals surface area contributed by atoms with Crippen LogP contribution in [0, 0.1) is 0 Å². The van der Waals surface area contributed by atoms with Crippen LogP contribution in [0.2, 0.25) is 0 Å². The molecule has 208 valence electrons. The van der Waals surface area contributed by atoms with E-state index in [1.54, 1.807) is 36.1 Å². The van der Waals surface area contributed by atoms with Crippen LogP contribution in [0.15, 0.2) is 54.6 Å². The van der Waals surface area contributed by atoms with Crippen molar-refractivity contribution in [3.63, 3.8) is 0 Å². The van der Waals surface area contributed by atoms with E-state index < -0.39 is 16.1 Å². The fourth-order valence-corrected chi connectivity index (χ4v) is 5.87. The first kappa shape index (κ1) is 29.5. The molecule has 2 amide bonds. The third-order valence-corrected chi connectivity index (χ3v) is 8.29. The quantitative estimate of drug-likeness (QED) is 0.410. The summed E-state index contributed by atoms with van der Waals surface area (Å²) in [6.07, 6.45) is 7.60. The van der Waals surface area contributed by atoms with Crippen LogP contribution in [-0.4, -0.2) is 63.7 Å². The number of rotatable bonds is 13. The topological polar surface area (TPSA) is 96.0 Å². The van der Waals surface area contributed by atoms with Gasteiger partial charge in [-0.25, -0.2) is 8.42 Å². The highest BCUT2D eigenvalue weighted by Crippen LogP contribution is 2.24. The minimum Gasteiger partial charge on any atom is -0.497 e. The van der Waals surface area contributed by atoms with Crippen molar-refractivity contribution >= 4 is 27.5 Å². The largest absolute Gasteiger partial charge is 0.497 e. The molecule has 1 atom stereocenters. The Balaban J connectivity index is 1.68. The van der Waals surface area contributed by atoms with Gasteiger partial charge in [0, 0.05) is 31.6 Å². The number of hydrogen-bond donors (Lipinski definition) is 1. The fourth-order valence-electron chi connectivity index (χ4n) is 4.91. The van der Waals surface area contributed by atoms with Crippen LogP contribution in [0.25, 0.3) is 0 Å². The Morgan fingerprint density at radius 1 is 1.03 bits per heavy atom. The van der Waals surface area contributed by atoms with E-state index in [1.165, 1.54) is 17.8 Å². The zero-order chi connectivity index (χ0) is 27.5. The van der Waals surface area contributed by atoms with Gasteiger partial charge in [-0.3, -0.25) is 13.9 Å². The van der Waals surface area contributed by atoms with Gasteiger partial charge in [0.2, 0.25) is 21.8 Å². The molecular weight excluding hydrogens is 502 g/mol. The smallest absolute Gasteiger partial charge is 0.242 e. The first-order valence-corrected chi connectivity index (χ1v) is 15.3. The lowest BCUT2D eigenvalue weighted by molar-refractivity contribution is -0.140. The number of amides is 2. The molecule has 0 aliphatic heterocycles. The molecule has 1 fully saturated rings. The molecule has 0 bridgehead atoms. The molecular formula is C29H41N3O5S. The first-order valence-electron chi connectivity index (χ1n) is 13.4. The predicted octanol–water partition coefficient (Wildman–Crippen LogP) is 4.15. The summed E-state index contributed by atoms with van der Waals surface area (Å²) in [5, 5.41) is 3.15. The molecule has 0 aromatic heterocycles. The second-order valence-electron chi connectivity index (χ2n) is 9.98. The highest BCUT2D eigenvalue weighted by atomic mass is 32.2. The molecule has 1 aliphatic carbocycles. The predicted molar refractivity (Wildman–Crippen MR) is 151 cm³/mol. The summed E-state index contributed by atoms with van der Waals surface area (Å²) in [6, 6.07) is 16.3. The monoisotopic (exact) mass is 543 g/mol. The molecule has 3 rings (SSSR count). The molecule has 0 radical (unpaired) electrons. The minimum absolute atomic E-state index is 0.131. The Morgan fingerprint density at radius 2 is 1.74 bits per heavy atom. The molecule has 0 heterocycles. The number of ether oxygens (including phenoxy) is 1. The molecule has 0 spiro atoms. The van der Waals surface area contributed by atoms with Crippen LogP contribution in [0.3, 0.4) is 0 Å². The summed E-state index contributed by atoms with van der Waals surface area (Å²) >= 11 is 0. The van der Waals surface area contributed by atoms with Crippen molar-refractivity contribution in [2.24, 2.45) is 0 Å². The Hall–Kier alpha value is -3.07. The van der Waals surface area contributed by atoms with E-state index in [2.05, 4.69) is 5.32 Å². The number of carbonyl (C=O) groups is 2. The number of benzene rings is 2. The van der Waals surface area contributed by atoms with E-state index in [9.17, 15) is 18.0 Å². The van der Waals surface area contributed by atoms with Crippen molar-refractivity contribution in [3.05, 3.63) is 60.2 Å². The van der Waals surface area contributed by atoms with E-state index in [0.717, 1.165) is 37.5 Å². The summed E-state index contributed by atoms with van der Waals surface area (Å²) in [6.45, 7) is 2.33. The average Bonchev–Trinajstić information content (AvgIpc) is 2.91. The van der Waals surface area contributed by atoms with Crippen molar-refractivity contribution in [2.75, 3.05) is 30.8 Å². The lowest BCUT2D eigenvalue weighted by Crippen LogP contribution is -2.51. The summed E-state index contributed by atoms with van der Waals surface area (Å²) in [7, 11) is -2.04. The normalized spacial score (nSPS) is 14.9. The van der Waals surface area contributed by atoms with E-state index >= 15 is 0 Å². The van der Waals surface area contributed by atoms with Gasteiger partial charge in [0.1, 0.15) is 11.8 Å². The standard InChI is InChI=1S/C29H41N3O5S/c1-23(29(34)30-25-14-8-5-9-15-25)31(21-19-24-12-6-4-7-13-24)28(33)18-11-20-32(38(3,35)36)26-16-10-17-27(22-26)37-2/h4,6-7,10,12-13,16-17,22-23,25H,5,8-9,11,14-15,18-21H2,1-3H3,(H,30,34)/t23-/m0/s1. The van der Waals surface area contributed by atoms with Gasteiger partial charge in [-0.1, -0.05) is 55.7 Å². The second-order valence-corrected chi connectivity index (χ2v) is 11.9. The number of methoxy groups -OCH3 is 1. The molecule has 2 aromatic carbocycles. The third kappa shape index (κ3) is 8.75. The van der Waals surface area contributed by atoms with Gasteiger partial charge in [0.15, 0.2) is 0 Å². The van der Waals surface area contributed by atoms with E-state index in [4.69, 9.17) is 4.74 Å². The van der Waals surface area contributed by atoms with Gasteiger partial charge in [-0.05, 0) is 50.3 Å². The van der Waals surface area contributed by atoms with Crippen LogP contribution in [0.4, 0.5) is 5.69 Å². The van der Waals surface area contributed by atoms with Gasteiger partial charge >= 0.3 is 0 Å². The summed E-state index contributed by atoms with van der Waals surface area (Å²) in [5.41, 5.74) is 1.58. The number of sulfonamides is 1. The average molecular weight is 544 g/mol. The van der Waals surface area contributed by atoms with Crippen molar-refractivity contribution < 1.29 is 22.7 Å². The van der Waals surface area contributed by atoms with Crippen LogP contribution in [0.1, 0.15) is 57.4 Å². The summed E-state index contributed by atoms with van der Waals surface area (Å²) in [5.74, 6) is 0.260. The first-order chi connectivity index (χ1) is 18.2. The van der Waals surface area contributed by atoms with Gasteiger partial charge in [0.25, 0.3) is 0 Å². The molecule has 8 nitrogen and oxygen atoms in total. The number of hydrogen-bond acceptors (Lipinski definition) is 5. The van der Waals surface area contributed by atoms with Crippen LogP contribution < -0.4 is 14.4 Å². The zero-order valence-corrected chi connectivity index (χ0v) is 23.6. The molecule has 9 heteroatoms. The van der Waals surface area contributed by atoms with Crippen molar-refractivity contribution in [1.82, 2.24) is 10.2 Å². The number of carbonyl (C=O) groups excluding carboxylic acids is 2. The number of anilines is 1. The Labute approximate surface area is 227 Å². The summed E-state index contributed by atoms with van der Waals surface area (Å²) in [4.78, 5) is 28.2. The Bertz CT molecular complexity index is 1150. The molecule has 38 heavy (non-hydrogen) atoms. The molecule has 0 unspecified atom stereocenters. The lowest BCUT2D eigenvalue weighted by atomic mass is 9.95. The van der Waals surface area contributed by atoms with Gasteiger partial charge < -0.3 is 15.0 Å². The van der Waals surface area contributed by atoms with Crippen LogP contribution >= 0.6 is 0 Å². The number of nitrogens with one attached hydrogen (secondary N) is 1. The van der Waals surface area contributed by atoms with Gasteiger partial charge in [-0.2, -0.15) is 0 Å². The molecule has 1 aliphatic rings. The van der Waals surface area contributed by atoms with Gasteiger partial charge in [-0.15, -0.1) is 0 Å².